The fourth-order valence-electron chi connectivity index (χ4n) is 2.19. The van der Waals surface area contributed by atoms with Gasteiger partial charge < -0.3 is 15.5 Å². The number of hydrogen-bond donors (Lipinski definition) is 2. The summed E-state index contributed by atoms with van der Waals surface area (Å²) in [5.74, 6) is 0.633. The van der Waals surface area contributed by atoms with E-state index in [1.807, 2.05) is 31.1 Å². The fraction of sp³-hybridized carbons (Fsp3) is 0.588. The smallest absolute Gasteiger partial charge is 0.191 e. The lowest BCUT2D eigenvalue weighted by Crippen LogP contribution is -2.37. The third-order valence-electron chi connectivity index (χ3n) is 3.35. The Morgan fingerprint density at radius 1 is 1.23 bits per heavy atom. The predicted molar refractivity (Wildman–Crippen MR) is 91.5 cm³/mol. The molecule has 1 rings (SSSR count). The molecule has 0 aliphatic rings. The van der Waals surface area contributed by atoms with Gasteiger partial charge >= 0.3 is 0 Å². The first kappa shape index (κ1) is 18.4. The van der Waals surface area contributed by atoms with E-state index in [1.54, 1.807) is 7.05 Å². The molecule has 0 bridgehead atoms. The molecule has 0 saturated carbocycles. The first-order valence-corrected chi connectivity index (χ1v) is 7.93. The summed E-state index contributed by atoms with van der Waals surface area (Å²) >= 11 is 0. The molecule has 1 aromatic rings. The Hall–Kier alpha value is -1.62. The van der Waals surface area contributed by atoms with Crippen LogP contribution in [-0.2, 0) is 13.1 Å². The summed E-state index contributed by atoms with van der Waals surface area (Å²) in [5, 5.41) is 6.55. The molecule has 0 spiro atoms. The zero-order valence-electron chi connectivity index (χ0n) is 14.2. The third kappa shape index (κ3) is 6.89. The van der Waals surface area contributed by atoms with Gasteiger partial charge in [0.15, 0.2) is 5.96 Å². The summed E-state index contributed by atoms with van der Waals surface area (Å²) in [7, 11) is 5.64. The van der Waals surface area contributed by atoms with Gasteiger partial charge in [0.25, 0.3) is 0 Å². The lowest BCUT2D eigenvalue weighted by molar-refractivity contribution is 0.392. The number of benzene rings is 1. The van der Waals surface area contributed by atoms with Crippen LogP contribution in [0.4, 0.5) is 4.39 Å². The normalized spacial score (nSPS) is 11.8. The highest BCUT2D eigenvalue weighted by Gasteiger charge is 2.05. The quantitative estimate of drug-likeness (QED) is 0.441. The van der Waals surface area contributed by atoms with Crippen LogP contribution in [0.3, 0.4) is 0 Å². The highest BCUT2D eigenvalue weighted by Crippen LogP contribution is 2.12. The number of unbranched alkanes of at least 4 members (excludes halogenated alkanes) is 2. The highest BCUT2D eigenvalue weighted by atomic mass is 19.1. The van der Waals surface area contributed by atoms with Crippen molar-refractivity contribution in [3.05, 3.63) is 35.1 Å². The Balaban J connectivity index is 2.52. The molecule has 0 aliphatic heterocycles. The zero-order valence-corrected chi connectivity index (χ0v) is 14.2. The first-order valence-electron chi connectivity index (χ1n) is 7.93. The summed E-state index contributed by atoms with van der Waals surface area (Å²) in [6.07, 6.45) is 3.56. The van der Waals surface area contributed by atoms with Crippen molar-refractivity contribution in [3.63, 3.8) is 0 Å². The highest BCUT2D eigenvalue weighted by molar-refractivity contribution is 5.79. The van der Waals surface area contributed by atoms with Gasteiger partial charge in [0, 0.05) is 32.2 Å². The summed E-state index contributed by atoms with van der Waals surface area (Å²) in [6.45, 7) is 4.34. The molecule has 4 nitrogen and oxygen atoms in total. The molecule has 0 aromatic heterocycles. The second-order valence-corrected chi connectivity index (χ2v) is 5.72. The number of nitrogens with one attached hydrogen (secondary N) is 2. The average molecular weight is 308 g/mol. The molecular weight excluding hydrogens is 279 g/mol. The van der Waals surface area contributed by atoms with Crippen LogP contribution >= 0.6 is 0 Å². The summed E-state index contributed by atoms with van der Waals surface area (Å²) in [6, 6.07) is 5.26. The van der Waals surface area contributed by atoms with Crippen molar-refractivity contribution in [1.29, 1.82) is 0 Å². The largest absolute Gasteiger partial charge is 0.356 e. The van der Waals surface area contributed by atoms with Crippen molar-refractivity contribution in [1.82, 2.24) is 15.5 Å². The molecule has 0 saturated heterocycles. The molecule has 2 N–H and O–H groups in total. The van der Waals surface area contributed by atoms with Gasteiger partial charge in [-0.1, -0.05) is 25.8 Å². The lowest BCUT2D eigenvalue weighted by Gasteiger charge is -2.14. The minimum absolute atomic E-state index is 0.153. The van der Waals surface area contributed by atoms with Crippen molar-refractivity contribution in [2.24, 2.45) is 4.99 Å². The van der Waals surface area contributed by atoms with Gasteiger partial charge in [-0.05, 0) is 38.2 Å². The van der Waals surface area contributed by atoms with E-state index in [4.69, 9.17) is 0 Å². The van der Waals surface area contributed by atoms with E-state index in [-0.39, 0.29) is 5.82 Å². The SMILES string of the molecule is CCCCCNC(=NC)NCc1ccc(F)c(CN(C)C)c1. The van der Waals surface area contributed by atoms with Crippen LogP contribution in [0.1, 0.15) is 37.3 Å². The van der Waals surface area contributed by atoms with E-state index in [1.165, 1.54) is 18.9 Å². The van der Waals surface area contributed by atoms with Crippen LogP contribution in [0, 0.1) is 5.82 Å². The standard InChI is InChI=1S/C17H29FN4/c1-5-6-7-10-20-17(19-2)21-12-14-8-9-16(18)15(11-14)13-22(3)4/h8-9,11H,5-7,10,12-13H2,1-4H3,(H2,19,20,21). The summed E-state index contributed by atoms with van der Waals surface area (Å²) in [4.78, 5) is 6.16. The number of hydrogen-bond acceptors (Lipinski definition) is 2. The average Bonchev–Trinajstić information content (AvgIpc) is 2.49. The molecule has 22 heavy (non-hydrogen) atoms. The van der Waals surface area contributed by atoms with E-state index in [9.17, 15) is 4.39 Å². The summed E-state index contributed by atoms with van der Waals surface area (Å²) < 4.78 is 13.8. The van der Waals surface area contributed by atoms with E-state index >= 15 is 0 Å². The molecule has 124 valence electrons. The molecule has 0 amide bonds. The van der Waals surface area contributed by atoms with Crippen LogP contribution in [-0.4, -0.2) is 38.5 Å². The maximum absolute atomic E-state index is 13.8. The Morgan fingerprint density at radius 2 is 2.00 bits per heavy atom. The van der Waals surface area contributed by atoms with E-state index in [2.05, 4.69) is 22.5 Å². The fourth-order valence-corrected chi connectivity index (χ4v) is 2.19. The number of guanidine groups is 1. The number of nitrogens with zero attached hydrogens (tertiary/aromatic N) is 2. The Morgan fingerprint density at radius 3 is 2.64 bits per heavy atom. The van der Waals surface area contributed by atoms with Crippen LogP contribution < -0.4 is 10.6 Å². The topological polar surface area (TPSA) is 39.7 Å². The Labute approximate surface area is 133 Å². The van der Waals surface area contributed by atoms with Gasteiger partial charge in [0.05, 0.1) is 0 Å². The predicted octanol–water partition coefficient (Wildman–Crippen LogP) is 2.74. The number of rotatable bonds is 8. The second kappa shape index (κ2) is 10.2. The van der Waals surface area contributed by atoms with Gasteiger partial charge in [-0.3, -0.25) is 4.99 Å². The van der Waals surface area contributed by atoms with Crippen LogP contribution in [0.25, 0.3) is 0 Å². The monoisotopic (exact) mass is 308 g/mol. The lowest BCUT2D eigenvalue weighted by atomic mass is 10.1. The molecular formula is C17H29FN4. The molecule has 0 unspecified atom stereocenters. The Kier molecular flexibility index (Phi) is 8.51. The minimum Gasteiger partial charge on any atom is -0.356 e. The maximum Gasteiger partial charge on any atom is 0.191 e. The summed E-state index contributed by atoms with van der Waals surface area (Å²) in [5.41, 5.74) is 1.77. The van der Waals surface area contributed by atoms with Gasteiger partial charge in [-0.25, -0.2) is 4.39 Å². The Bertz CT molecular complexity index is 472. The number of halogens is 1. The first-order chi connectivity index (χ1) is 10.6. The van der Waals surface area contributed by atoms with Crippen molar-refractivity contribution >= 4 is 5.96 Å². The zero-order chi connectivity index (χ0) is 16.4. The molecule has 0 heterocycles. The van der Waals surface area contributed by atoms with Gasteiger partial charge in [0.2, 0.25) is 0 Å². The van der Waals surface area contributed by atoms with Crippen molar-refractivity contribution in [2.45, 2.75) is 39.3 Å². The molecule has 0 atom stereocenters. The van der Waals surface area contributed by atoms with E-state index in [0.29, 0.717) is 13.1 Å². The van der Waals surface area contributed by atoms with Gasteiger partial charge in [-0.15, -0.1) is 0 Å². The van der Waals surface area contributed by atoms with E-state index < -0.39 is 0 Å². The van der Waals surface area contributed by atoms with Gasteiger partial charge in [-0.2, -0.15) is 0 Å². The third-order valence-corrected chi connectivity index (χ3v) is 3.35. The van der Waals surface area contributed by atoms with Crippen molar-refractivity contribution in [3.8, 4) is 0 Å². The molecule has 0 radical (unpaired) electrons. The van der Waals surface area contributed by atoms with Gasteiger partial charge in [0.1, 0.15) is 5.82 Å². The molecule has 0 fully saturated rings. The van der Waals surface area contributed by atoms with E-state index in [0.717, 1.165) is 30.1 Å². The van der Waals surface area contributed by atoms with Crippen molar-refractivity contribution < 1.29 is 4.39 Å². The second-order valence-electron chi connectivity index (χ2n) is 5.72. The molecule has 1 aromatic carbocycles. The van der Waals surface area contributed by atoms with Crippen LogP contribution in [0.5, 0.6) is 0 Å². The van der Waals surface area contributed by atoms with Crippen LogP contribution in [0.15, 0.2) is 23.2 Å². The van der Waals surface area contributed by atoms with Crippen molar-refractivity contribution in [2.75, 3.05) is 27.7 Å². The minimum atomic E-state index is -0.153. The molecule has 5 heteroatoms. The van der Waals surface area contributed by atoms with Crippen LogP contribution in [0.2, 0.25) is 0 Å². The maximum atomic E-state index is 13.8. The molecule has 0 aliphatic carbocycles. The number of aliphatic imine (C=N–C) groups is 1.